The molecule has 0 atom stereocenters. The molecule has 0 spiro atoms. The Morgan fingerprint density at radius 1 is 1.54 bits per heavy atom. The number of aldehydes is 1. The quantitative estimate of drug-likeness (QED) is 0.397. The zero-order chi connectivity index (χ0) is 9.68. The van der Waals surface area contributed by atoms with Crippen molar-refractivity contribution >= 4 is 6.29 Å². The van der Waals surface area contributed by atoms with Crippen LogP contribution in [-0.2, 0) is 11.4 Å². The first-order valence-electron chi connectivity index (χ1n) is 3.54. The van der Waals surface area contributed by atoms with Crippen LogP contribution in [0.5, 0.6) is 0 Å². The molecule has 0 N–H and O–H groups in total. The smallest absolute Gasteiger partial charge is 0.294 e. The molecule has 0 heterocycles. The van der Waals surface area contributed by atoms with E-state index in [2.05, 4.69) is 4.84 Å². The summed E-state index contributed by atoms with van der Waals surface area (Å²) in [5.41, 5.74) is 1.07. The van der Waals surface area contributed by atoms with Gasteiger partial charge in [-0.25, -0.2) is 0 Å². The van der Waals surface area contributed by atoms with Gasteiger partial charge in [-0.05, 0) is 11.6 Å². The Morgan fingerprint density at radius 2 is 2.31 bits per heavy atom. The predicted molar refractivity (Wildman–Crippen MR) is 43.6 cm³/mol. The van der Waals surface area contributed by atoms with Crippen LogP contribution in [0.2, 0.25) is 0 Å². The molecule has 0 amide bonds. The number of carbonyl (C=O) groups is 1. The summed E-state index contributed by atoms with van der Waals surface area (Å²) < 4.78 is 0. The molecule has 13 heavy (non-hydrogen) atoms. The lowest BCUT2D eigenvalue weighted by molar-refractivity contribution is -0.763. The average molecular weight is 181 g/mol. The first kappa shape index (κ1) is 9.18. The van der Waals surface area contributed by atoms with E-state index in [1.807, 2.05) is 0 Å². The summed E-state index contributed by atoms with van der Waals surface area (Å²) in [4.78, 5) is 24.3. The third-order valence-electron chi connectivity index (χ3n) is 1.42. The Balaban J connectivity index is 2.66. The Labute approximate surface area is 74.0 Å². The third kappa shape index (κ3) is 2.90. The van der Waals surface area contributed by atoms with Crippen molar-refractivity contribution < 1.29 is 14.7 Å². The van der Waals surface area contributed by atoms with Crippen molar-refractivity contribution in [2.45, 2.75) is 6.61 Å². The summed E-state index contributed by atoms with van der Waals surface area (Å²) in [6.07, 6.45) is 0.676. The molecule has 0 aliphatic heterocycles. The Morgan fingerprint density at radius 3 is 2.92 bits per heavy atom. The highest BCUT2D eigenvalue weighted by Crippen LogP contribution is 2.04. The second kappa shape index (κ2) is 4.20. The van der Waals surface area contributed by atoms with E-state index in [4.69, 9.17) is 0 Å². The van der Waals surface area contributed by atoms with E-state index >= 15 is 0 Å². The molecule has 68 valence electrons. The van der Waals surface area contributed by atoms with Crippen molar-refractivity contribution in [1.29, 1.82) is 0 Å². The van der Waals surface area contributed by atoms with Crippen LogP contribution < -0.4 is 0 Å². The Bertz CT molecular complexity index is 324. The predicted octanol–water partition coefficient (Wildman–Crippen LogP) is 1.21. The first-order chi connectivity index (χ1) is 6.22. The van der Waals surface area contributed by atoms with Crippen molar-refractivity contribution in [2.24, 2.45) is 0 Å². The van der Waals surface area contributed by atoms with Crippen LogP contribution in [0.4, 0.5) is 0 Å². The number of hydrogen-bond donors (Lipinski definition) is 0. The highest BCUT2D eigenvalue weighted by Gasteiger charge is 1.98. The van der Waals surface area contributed by atoms with Gasteiger partial charge >= 0.3 is 0 Å². The highest BCUT2D eigenvalue weighted by molar-refractivity contribution is 5.74. The van der Waals surface area contributed by atoms with E-state index in [9.17, 15) is 14.9 Å². The summed E-state index contributed by atoms with van der Waals surface area (Å²) in [6.45, 7) is -0.130. The number of carbonyl (C=O) groups excluding carboxylic acids is 1. The second-order valence-electron chi connectivity index (χ2n) is 2.36. The Hall–Kier alpha value is -1.91. The Kier molecular flexibility index (Phi) is 2.97. The molecule has 5 nitrogen and oxygen atoms in total. The maximum atomic E-state index is 10.3. The standard InChI is InChI=1S/C8H7NO4/c10-5-7-2-1-3-8(4-7)6-13-9(11)12/h1-5H,6H2. The molecular formula is C8H7NO4. The van der Waals surface area contributed by atoms with Crippen LogP contribution in [0, 0.1) is 10.1 Å². The summed E-state index contributed by atoms with van der Waals surface area (Å²) in [6, 6.07) is 6.44. The molecule has 0 aromatic heterocycles. The molecule has 0 bridgehead atoms. The van der Waals surface area contributed by atoms with Gasteiger partial charge in [-0.1, -0.05) is 18.2 Å². The minimum atomic E-state index is -0.867. The number of nitrogens with zero attached hydrogens (tertiary/aromatic N) is 1. The molecule has 0 fully saturated rings. The normalized spacial score (nSPS) is 9.23. The van der Waals surface area contributed by atoms with Gasteiger partial charge in [0.15, 0.2) is 0 Å². The fourth-order valence-electron chi connectivity index (χ4n) is 0.883. The molecule has 0 saturated heterocycles. The van der Waals surface area contributed by atoms with E-state index in [-0.39, 0.29) is 6.61 Å². The molecule has 0 saturated carbocycles. The number of benzene rings is 1. The van der Waals surface area contributed by atoms with E-state index in [1.54, 1.807) is 18.2 Å². The second-order valence-corrected chi connectivity index (χ2v) is 2.36. The monoisotopic (exact) mass is 181 g/mol. The van der Waals surface area contributed by atoms with Crippen molar-refractivity contribution in [3.05, 3.63) is 45.5 Å². The van der Waals surface area contributed by atoms with Gasteiger partial charge in [-0.3, -0.25) is 4.79 Å². The zero-order valence-electron chi connectivity index (χ0n) is 6.67. The third-order valence-corrected chi connectivity index (χ3v) is 1.42. The maximum absolute atomic E-state index is 10.3. The lowest BCUT2D eigenvalue weighted by Crippen LogP contribution is -2.00. The van der Waals surface area contributed by atoms with Crippen molar-refractivity contribution in [3.8, 4) is 0 Å². The van der Waals surface area contributed by atoms with Crippen LogP contribution in [0.1, 0.15) is 15.9 Å². The van der Waals surface area contributed by atoms with Gasteiger partial charge in [-0.2, -0.15) is 0 Å². The van der Waals surface area contributed by atoms with Crippen LogP contribution in [-0.4, -0.2) is 11.4 Å². The van der Waals surface area contributed by atoms with Crippen molar-refractivity contribution in [2.75, 3.05) is 0 Å². The molecule has 5 heteroatoms. The van der Waals surface area contributed by atoms with Gasteiger partial charge in [0.05, 0.1) is 0 Å². The summed E-state index contributed by atoms with van der Waals surface area (Å²) >= 11 is 0. The minimum Gasteiger partial charge on any atom is -0.309 e. The molecule has 1 aromatic rings. The van der Waals surface area contributed by atoms with E-state index in [0.29, 0.717) is 17.4 Å². The van der Waals surface area contributed by atoms with Gasteiger partial charge < -0.3 is 4.84 Å². The fraction of sp³-hybridized carbons (Fsp3) is 0.125. The van der Waals surface area contributed by atoms with E-state index < -0.39 is 5.09 Å². The van der Waals surface area contributed by atoms with Crippen LogP contribution in [0.15, 0.2) is 24.3 Å². The summed E-state index contributed by atoms with van der Waals surface area (Å²) in [5, 5.41) is 8.97. The SMILES string of the molecule is O=Cc1cccc(CO[N+](=O)[O-])c1. The van der Waals surface area contributed by atoms with Gasteiger partial charge in [0.25, 0.3) is 5.09 Å². The number of hydrogen-bond acceptors (Lipinski definition) is 4. The molecule has 0 aliphatic carbocycles. The van der Waals surface area contributed by atoms with Crippen molar-refractivity contribution in [1.82, 2.24) is 0 Å². The topological polar surface area (TPSA) is 69.4 Å². The summed E-state index contributed by atoms with van der Waals surface area (Å²) in [5.74, 6) is 0. The minimum absolute atomic E-state index is 0.130. The van der Waals surface area contributed by atoms with Crippen LogP contribution >= 0.6 is 0 Å². The maximum Gasteiger partial charge on any atom is 0.294 e. The van der Waals surface area contributed by atoms with Gasteiger partial charge in [-0.15, -0.1) is 10.1 Å². The van der Waals surface area contributed by atoms with E-state index in [0.717, 1.165) is 0 Å². The lowest BCUT2D eigenvalue weighted by Gasteiger charge is -1.99. The molecular weight excluding hydrogens is 174 g/mol. The lowest BCUT2D eigenvalue weighted by atomic mass is 10.1. The average Bonchev–Trinajstić information content (AvgIpc) is 2.15. The largest absolute Gasteiger partial charge is 0.309 e. The van der Waals surface area contributed by atoms with E-state index in [1.165, 1.54) is 6.07 Å². The first-order valence-corrected chi connectivity index (χ1v) is 3.54. The van der Waals surface area contributed by atoms with Gasteiger partial charge in [0.2, 0.25) is 0 Å². The van der Waals surface area contributed by atoms with Gasteiger partial charge in [0.1, 0.15) is 12.9 Å². The van der Waals surface area contributed by atoms with Gasteiger partial charge in [0, 0.05) is 5.56 Å². The number of rotatable bonds is 4. The summed E-state index contributed by atoms with van der Waals surface area (Å²) in [7, 11) is 0. The fourth-order valence-corrected chi connectivity index (χ4v) is 0.883. The molecule has 0 aliphatic rings. The van der Waals surface area contributed by atoms with Crippen molar-refractivity contribution in [3.63, 3.8) is 0 Å². The van der Waals surface area contributed by atoms with Crippen LogP contribution in [0.3, 0.4) is 0 Å². The molecule has 1 rings (SSSR count). The molecule has 0 radical (unpaired) electrons. The molecule has 0 unspecified atom stereocenters. The van der Waals surface area contributed by atoms with Crippen LogP contribution in [0.25, 0.3) is 0 Å². The molecule has 1 aromatic carbocycles. The zero-order valence-corrected chi connectivity index (χ0v) is 6.67. The highest BCUT2D eigenvalue weighted by atomic mass is 16.9.